The monoisotopic (exact) mass is 244 g/mol. The van der Waals surface area contributed by atoms with Crippen LogP contribution in [0.1, 0.15) is 25.7 Å². The molecule has 1 spiro atoms. The Balaban J connectivity index is 1.97. The van der Waals surface area contributed by atoms with Gasteiger partial charge in [0.05, 0.1) is 12.0 Å². The van der Waals surface area contributed by atoms with E-state index in [1.807, 2.05) is 0 Å². The zero-order chi connectivity index (χ0) is 12.8. The van der Waals surface area contributed by atoms with Crippen molar-refractivity contribution in [3.05, 3.63) is 23.2 Å². The highest BCUT2D eigenvalue weighted by Gasteiger charge is 2.50. The second kappa shape index (κ2) is 3.77. The van der Waals surface area contributed by atoms with Crippen LogP contribution in [0.25, 0.3) is 0 Å². The van der Waals surface area contributed by atoms with E-state index in [9.17, 15) is 9.65 Å². The average molecular weight is 244 g/mol. The predicted octanol–water partition coefficient (Wildman–Crippen LogP) is 2.42. The minimum absolute atomic E-state index is 0.0692. The zero-order valence-electron chi connectivity index (χ0n) is 9.83. The molecule has 2 aliphatic carbocycles. The zero-order valence-corrected chi connectivity index (χ0v) is 9.83. The lowest BCUT2D eigenvalue weighted by Crippen LogP contribution is -2.36. The molecule has 2 N–H and O–H groups in total. The molecule has 0 radical (unpaired) electrons. The van der Waals surface area contributed by atoms with Gasteiger partial charge in [0.25, 0.3) is 0 Å². The number of hydrogen-bond donors (Lipinski definition) is 2. The van der Waals surface area contributed by atoms with E-state index >= 15 is 0 Å². The van der Waals surface area contributed by atoms with Crippen molar-refractivity contribution in [3.63, 3.8) is 0 Å². The highest BCUT2D eigenvalue weighted by atomic mass is 19.1. The van der Waals surface area contributed by atoms with E-state index in [1.54, 1.807) is 6.21 Å². The SMILES string of the molecule is N#CC1CC2(CCC2)C2=C1C=N/C(=C/C(=N)F)N2. The molecular weight excluding hydrogens is 231 g/mol. The number of nitriles is 1. The van der Waals surface area contributed by atoms with Crippen LogP contribution in [-0.4, -0.2) is 12.2 Å². The van der Waals surface area contributed by atoms with Gasteiger partial charge in [-0.15, -0.1) is 0 Å². The van der Waals surface area contributed by atoms with Crippen molar-refractivity contribution in [1.29, 1.82) is 10.7 Å². The van der Waals surface area contributed by atoms with Crippen LogP contribution in [0.15, 0.2) is 28.2 Å². The molecule has 5 heteroatoms. The summed E-state index contributed by atoms with van der Waals surface area (Å²) in [5.41, 5.74) is 2.04. The van der Waals surface area contributed by atoms with Crippen molar-refractivity contribution in [2.24, 2.45) is 16.3 Å². The van der Waals surface area contributed by atoms with Gasteiger partial charge in [-0.05, 0) is 19.3 Å². The number of nitrogens with zero attached hydrogens (tertiary/aromatic N) is 2. The maximum Gasteiger partial charge on any atom is 0.209 e. The molecule has 1 saturated carbocycles. The van der Waals surface area contributed by atoms with Gasteiger partial charge < -0.3 is 5.32 Å². The maximum absolute atomic E-state index is 12.6. The minimum atomic E-state index is -1.02. The first-order chi connectivity index (χ1) is 8.64. The fourth-order valence-electron chi connectivity index (χ4n) is 3.11. The van der Waals surface area contributed by atoms with Crippen LogP contribution in [-0.2, 0) is 0 Å². The van der Waals surface area contributed by atoms with Gasteiger partial charge >= 0.3 is 0 Å². The lowest BCUT2D eigenvalue weighted by Gasteiger charge is -2.41. The molecule has 0 saturated heterocycles. The molecule has 0 aromatic rings. The molecule has 0 amide bonds. The van der Waals surface area contributed by atoms with E-state index in [1.165, 1.54) is 6.42 Å². The highest BCUT2D eigenvalue weighted by Crippen LogP contribution is 2.57. The fourth-order valence-corrected chi connectivity index (χ4v) is 3.11. The van der Waals surface area contributed by atoms with E-state index in [4.69, 9.17) is 5.41 Å². The van der Waals surface area contributed by atoms with Crippen molar-refractivity contribution in [2.45, 2.75) is 25.7 Å². The van der Waals surface area contributed by atoms with Gasteiger partial charge in [-0.2, -0.15) is 9.65 Å². The molecule has 0 bridgehead atoms. The first-order valence-corrected chi connectivity index (χ1v) is 6.06. The van der Waals surface area contributed by atoms with Gasteiger partial charge in [-0.1, -0.05) is 6.42 Å². The van der Waals surface area contributed by atoms with Crippen LogP contribution in [0.4, 0.5) is 4.39 Å². The predicted molar refractivity (Wildman–Crippen MR) is 65.6 cm³/mol. The van der Waals surface area contributed by atoms with Crippen LogP contribution in [0.3, 0.4) is 0 Å². The summed E-state index contributed by atoms with van der Waals surface area (Å²) in [5, 5.41) is 19.1. The first kappa shape index (κ1) is 11.1. The summed E-state index contributed by atoms with van der Waals surface area (Å²) in [6, 6.07) is 2.32. The molecule has 3 aliphatic rings. The van der Waals surface area contributed by atoms with Gasteiger partial charge in [-0.25, -0.2) is 4.99 Å². The number of fused-ring (bicyclic) bond motifs is 1. The quantitative estimate of drug-likeness (QED) is 0.695. The Morgan fingerprint density at radius 3 is 3.00 bits per heavy atom. The van der Waals surface area contributed by atoms with Crippen LogP contribution < -0.4 is 5.32 Å². The van der Waals surface area contributed by atoms with Crippen molar-refractivity contribution in [2.75, 3.05) is 0 Å². The summed E-state index contributed by atoms with van der Waals surface area (Å²) in [5.74, 6) is -0.773. The standard InChI is InChI=1S/C13H13FN4/c14-10(16)4-11-17-7-9-8(6-15)5-13(2-1-3-13)12(9)18-11/h4,7-8,16,18H,1-3,5H2/b11-4-,16-10?. The number of nitrogens with one attached hydrogen (secondary N) is 2. The molecule has 92 valence electrons. The van der Waals surface area contributed by atoms with Gasteiger partial charge in [0, 0.05) is 29.0 Å². The largest absolute Gasteiger partial charge is 0.343 e. The number of halogens is 1. The molecule has 1 atom stereocenters. The summed E-state index contributed by atoms with van der Waals surface area (Å²) in [4.78, 5) is 4.07. The van der Waals surface area contributed by atoms with Crippen LogP contribution in [0.2, 0.25) is 0 Å². The van der Waals surface area contributed by atoms with Gasteiger partial charge in [0.15, 0.2) is 0 Å². The smallest absolute Gasteiger partial charge is 0.209 e. The minimum Gasteiger partial charge on any atom is -0.343 e. The molecule has 0 aromatic carbocycles. The third-order valence-electron chi connectivity index (χ3n) is 4.12. The second-order valence-corrected chi connectivity index (χ2v) is 5.11. The molecule has 3 rings (SSSR count). The van der Waals surface area contributed by atoms with E-state index in [0.29, 0.717) is 5.82 Å². The van der Waals surface area contributed by atoms with Crippen molar-refractivity contribution in [1.82, 2.24) is 5.32 Å². The molecule has 1 heterocycles. The topological polar surface area (TPSA) is 72.0 Å². The van der Waals surface area contributed by atoms with E-state index < -0.39 is 5.97 Å². The van der Waals surface area contributed by atoms with Gasteiger partial charge in [0.1, 0.15) is 5.82 Å². The fraction of sp³-hybridized carbons (Fsp3) is 0.462. The highest BCUT2D eigenvalue weighted by molar-refractivity contribution is 5.88. The molecular formula is C13H13FN4. The molecule has 4 nitrogen and oxygen atoms in total. The van der Waals surface area contributed by atoms with Crippen LogP contribution in [0.5, 0.6) is 0 Å². The van der Waals surface area contributed by atoms with Crippen molar-refractivity contribution in [3.8, 4) is 6.07 Å². The summed E-state index contributed by atoms with van der Waals surface area (Å²) in [7, 11) is 0. The van der Waals surface area contributed by atoms with Crippen LogP contribution in [0, 0.1) is 28.1 Å². The molecule has 0 aromatic heterocycles. The Bertz CT molecular complexity index is 546. The van der Waals surface area contributed by atoms with Gasteiger partial charge in [0.2, 0.25) is 5.97 Å². The summed E-state index contributed by atoms with van der Waals surface area (Å²) < 4.78 is 12.6. The maximum atomic E-state index is 12.6. The summed E-state index contributed by atoms with van der Waals surface area (Å²) in [6.45, 7) is 0. The summed E-state index contributed by atoms with van der Waals surface area (Å²) >= 11 is 0. The third-order valence-corrected chi connectivity index (χ3v) is 4.12. The first-order valence-electron chi connectivity index (χ1n) is 6.06. The number of rotatable bonds is 1. The van der Waals surface area contributed by atoms with E-state index in [-0.39, 0.29) is 11.3 Å². The van der Waals surface area contributed by atoms with E-state index in [2.05, 4.69) is 16.4 Å². The normalized spacial score (nSPS) is 29.8. The lowest BCUT2D eigenvalue weighted by molar-refractivity contribution is 0.169. The van der Waals surface area contributed by atoms with Crippen molar-refractivity contribution >= 4 is 12.2 Å². The molecule has 1 aliphatic heterocycles. The van der Waals surface area contributed by atoms with E-state index in [0.717, 1.165) is 36.6 Å². The summed E-state index contributed by atoms with van der Waals surface area (Å²) in [6.07, 6.45) is 6.88. The Morgan fingerprint density at radius 1 is 1.67 bits per heavy atom. The molecule has 1 fully saturated rings. The lowest BCUT2D eigenvalue weighted by atomic mass is 9.66. The molecule has 18 heavy (non-hydrogen) atoms. The third kappa shape index (κ3) is 1.49. The Morgan fingerprint density at radius 2 is 2.44 bits per heavy atom. The van der Waals surface area contributed by atoms with Gasteiger partial charge in [-0.3, -0.25) is 5.41 Å². The van der Waals surface area contributed by atoms with Crippen molar-refractivity contribution < 1.29 is 4.39 Å². The number of aliphatic imine (C=N–C) groups is 1. The molecule has 1 unspecified atom stereocenters. The Labute approximate surface area is 104 Å². The number of allylic oxidation sites excluding steroid dienone is 3. The second-order valence-electron chi connectivity index (χ2n) is 5.11. The number of hydrogen-bond acceptors (Lipinski definition) is 4. The average Bonchev–Trinajstić information content (AvgIpc) is 2.62. The Hall–Kier alpha value is -1.96. The van der Waals surface area contributed by atoms with Crippen LogP contribution >= 0.6 is 0 Å². The Kier molecular flexibility index (Phi) is 2.34.